The van der Waals surface area contributed by atoms with Gasteiger partial charge in [0.05, 0.1) is 17.8 Å². The molecule has 4 nitrogen and oxygen atoms in total. The third-order valence-electron chi connectivity index (χ3n) is 1.43. The molecule has 2 rings (SSSR count). The topological polar surface area (TPSA) is 39.9 Å². The van der Waals surface area contributed by atoms with Crippen molar-refractivity contribution in [1.29, 1.82) is 0 Å². The van der Waals surface area contributed by atoms with Crippen molar-refractivity contribution in [3.8, 4) is 11.0 Å². The molecule has 6 heteroatoms. The van der Waals surface area contributed by atoms with Gasteiger partial charge in [-0.1, -0.05) is 11.3 Å². The van der Waals surface area contributed by atoms with E-state index in [-0.39, 0.29) is 0 Å². The van der Waals surface area contributed by atoms with E-state index in [2.05, 4.69) is 26.0 Å². The van der Waals surface area contributed by atoms with Gasteiger partial charge < -0.3 is 4.74 Å². The van der Waals surface area contributed by atoms with Crippen molar-refractivity contribution in [2.24, 2.45) is 0 Å². The van der Waals surface area contributed by atoms with E-state index in [4.69, 9.17) is 4.74 Å². The SMILES string of the molecule is COc1nc(-n2cc(Br)cn2)cs1. The number of halogens is 1. The predicted molar refractivity (Wildman–Crippen MR) is 53.5 cm³/mol. The number of hydrogen-bond acceptors (Lipinski definition) is 4. The second-order valence-electron chi connectivity index (χ2n) is 2.28. The largest absolute Gasteiger partial charge is 0.473 e. The summed E-state index contributed by atoms with van der Waals surface area (Å²) in [6.07, 6.45) is 3.56. The molecule has 2 aromatic heterocycles. The van der Waals surface area contributed by atoms with E-state index in [9.17, 15) is 0 Å². The van der Waals surface area contributed by atoms with Crippen LogP contribution < -0.4 is 4.74 Å². The summed E-state index contributed by atoms with van der Waals surface area (Å²) in [6.45, 7) is 0. The van der Waals surface area contributed by atoms with Crippen LogP contribution in [0.1, 0.15) is 0 Å². The second kappa shape index (κ2) is 3.47. The van der Waals surface area contributed by atoms with Crippen LogP contribution in [0.5, 0.6) is 5.19 Å². The fraction of sp³-hybridized carbons (Fsp3) is 0.143. The highest BCUT2D eigenvalue weighted by Gasteiger charge is 2.04. The summed E-state index contributed by atoms with van der Waals surface area (Å²) in [7, 11) is 1.60. The number of nitrogens with zero attached hydrogens (tertiary/aromatic N) is 3. The Morgan fingerprint density at radius 1 is 1.62 bits per heavy atom. The molecule has 0 saturated heterocycles. The number of ether oxygens (including phenoxy) is 1. The Labute approximate surface area is 87.3 Å². The van der Waals surface area contributed by atoms with Crippen LogP contribution in [-0.4, -0.2) is 21.9 Å². The molecule has 0 radical (unpaired) electrons. The summed E-state index contributed by atoms with van der Waals surface area (Å²) >= 11 is 4.76. The Morgan fingerprint density at radius 3 is 3.00 bits per heavy atom. The van der Waals surface area contributed by atoms with E-state index in [0.717, 1.165) is 10.3 Å². The number of rotatable bonds is 2. The summed E-state index contributed by atoms with van der Waals surface area (Å²) in [4.78, 5) is 4.19. The van der Waals surface area contributed by atoms with Crippen LogP contribution in [0.4, 0.5) is 0 Å². The molecule has 0 unspecified atom stereocenters. The van der Waals surface area contributed by atoms with Gasteiger partial charge in [-0.25, -0.2) is 4.68 Å². The van der Waals surface area contributed by atoms with Crippen molar-refractivity contribution in [3.63, 3.8) is 0 Å². The lowest BCUT2D eigenvalue weighted by Crippen LogP contribution is -1.94. The van der Waals surface area contributed by atoms with E-state index in [0.29, 0.717) is 5.19 Å². The van der Waals surface area contributed by atoms with Crippen LogP contribution in [0.2, 0.25) is 0 Å². The summed E-state index contributed by atoms with van der Waals surface area (Å²) in [6, 6.07) is 0. The lowest BCUT2D eigenvalue weighted by molar-refractivity contribution is 0.411. The highest BCUT2D eigenvalue weighted by Crippen LogP contribution is 2.20. The van der Waals surface area contributed by atoms with Gasteiger partial charge in [0.25, 0.3) is 5.19 Å². The summed E-state index contributed by atoms with van der Waals surface area (Å²) < 4.78 is 7.59. The van der Waals surface area contributed by atoms with E-state index >= 15 is 0 Å². The minimum Gasteiger partial charge on any atom is -0.473 e. The van der Waals surface area contributed by atoms with Gasteiger partial charge in [-0.3, -0.25) is 0 Å². The first-order valence-corrected chi connectivity index (χ1v) is 5.17. The van der Waals surface area contributed by atoms with Gasteiger partial charge in [0, 0.05) is 11.6 Å². The predicted octanol–water partition coefficient (Wildman–Crippen LogP) is 2.10. The Hall–Kier alpha value is -0.880. The van der Waals surface area contributed by atoms with Gasteiger partial charge in [-0.2, -0.15) is 10.1 Å². The second-order valence-corrected chi connectivity index (χ2v) is 4.02. The van der Waals surface area contributed by atoms with Crippen LogP contribution in [0.15, 0.2) is 22.2 Å². The molecule has 0 aliphatic rings. The molecule has 2 aromatic rings. The van der Waals surface area contributed by atoms with Crippen LogP contribution in [0, 0.1) is 0 Å². The van der Waals surface area contributed by atoms with Crippen molar-refractivity contribution in [3.05, 3.63) is 22.2 Å². The standard InChI is InChI=1S/C7H6BrN3OS/c1-12-7-10-6(4-13-7)11-3-5(8)2-9-11/h2-4H,1H3. The Balaban J connectivity index is 2.35. The number of hydrogen-bond donors (Lipinski definition) is 0. The third-order valence-corrected chi connectivity index (χ3v) is 2.63. The zero-order chi connectivity index (χ0) is 9.26. The average molecular weight is 260 g/mol. The molecule has 0 aliphatic heterocycles. The maximum absolute atomic E-state index is 4.98. The van der Waals surface area contributed by atoms with Crippen molar-refractivity contribution in [2.45, 2.75) is 0 Å². The first-order chi connectivity index (χ1) is 6.29. The minimum atomic E-state index is 0.640. The van der Waals surface area contributed by atoms with Gasteiger partial charge in [0.1, 0.15) is 0 Å². The van der Waals surface area contributed by atoms with Gasteiger partial charge in [0.15, 0.2) is 5.82 Å². The zero-order valence-electron chi connectivity index (χ0n) is 6.77. The molecule has 0 N–H and O–H groups in total. The first kappa shape index (κ1) is 8.71. The molecule has 0 aromatic carbocycles. The lowest BCUT2D eigenvalue weighted by Gasteiger charge is -1.92. The van der Waals surface area contributed by atoms with E-state index < -0.39 is 0 Å². The highest BCUT2D eigenvalue weighted by molar-refractivity contribution is 9.10. The molecule has 0 aliphatic carbocycles. The van der Waals surface area contributed by atoms with Crippen LogP contribution in [0.3, 0.4) is 0 Å². The molecular weight excluding hydrogens is 254 g/mol. The molecule has 0 fully saturated rings. The Kier molecular flexibility index (Phi) is 2.32. The summed E-state index contributed by atoms with van der Waals surface area (Å²) in [5, 5.41) is 6.62. The van der Waals surface area contributed by atoms with Gasteiger partial charge >= 0.3 is 0 Å². The lowest BCUT2D eigenvalue weighted by atomic mass is 10.7. The molecule has 0 bridgehead atoms. The monoisotopic (exact) mass is 259 g/mol. The molecule has 0 atom stereocenters. The third kappa shape index (κ3) is 1.73. The molecular formula is C7H6BrN3OS. The van der Waals surface area contributed by atoms with E-state index in [1.54, 1.807) is 18.0 Å². The molecule has 68 valence electrons. The maximum atomic E-state index is 4.98. The zero-order valence-corrected chi connectivity index (χ0v) is 9.17. The molecule has 13 heavy (non-hydrogen) atoms. The smallest absolute Gasteiger partial charge is 0.274 e. The van der Waals surface area contributed by atoms with Gasteiger partial charge in [-0.05, 0) is 15.9 Å². The maximum Gasteiger partial charge on any atom is 0.274 e. The van der Waals surface area contributed by atoms with Crippen LogP contribution in [0.25, 0.3) is 5.82 Å². The molecule has 0 saturated carbocycles. The first-order valence-electron chi connectivity index (χ1n) is 3.49. The quantitative estimate of drug-likeness (QED) is 0.830. The molecule has 0 spiro atoms. The number of methoxy groups -OCH3 is 1. The fourth-order valence-electron chi connectivity index (χ4n) is 0.874. The van der Waals surface area contributed by atoms with E-state index in [1.807, 2.05) is 11.6 Å². The van der Waals surface area contributed by atoms with Crippen LogP contribution >= 0.6 is 27.3 Å². The average Bonchev–Trinajstić information content (AvgIpc) is 2.71. The number of thiazole rings is 1. The van der Waals surface area contributed by atoms with Crippen molar-refractivity contribution in [2.75, 3.05) is 7.11 Å². The van der Waals surface area contributed by atoms with Crippen molar-refractivity contribution >= 4 is 27.3 Å². The van der Waals surface area contributed by atoms with E-state index in [1.165, 1.54) is 11.3 Å². The van der Waals surface area contributed by atoms with Gasteiger partial charge in [-0.15, -0.1) is 0 Å². The number of aromatic nitrogens is 3. The summed E-state index contributed by atoms with van der Waals surface area (Å²) in [5.41, 5.74) is 0. The highest BCUT2D eigenvalue weighted by atomic mass is 79.9. The van der Waals surface area contributed by atoms with Crippen molar-refractivity contribution in [1.82, 2.24) is 14.8 Å². The fourth-order valence-corrected chi connectivity index (χ4v) is 1.77. The minimum absolute atomic E-state index is 0.640. The summed E-state index contributed by atoms with van der Waals surface area (Å²) in [5.74, 6) is 0.771. The van der Waals surface area contributed by atoms with Crippen molar-refractivity contribution < 1.29 is 4.74 Å². The normalized spacial score (nSPS) is 10.3. The van der Waals surface area contributed by atoms with Crippen LogP contribution in [-0.2, 0) is 0 Å². The van der Waals surface area contributed by atoms with Gasteiger partial charge in [0.2, 0.25) is 0 Å². The Morgan fingerprint density at radius 2 is 2.46 bits per heavy atom. The Bertz CT molecular complexity index is 411. The molecule has 0 amide bonds. The molecule has 2 heterocycles.